The van der Waals surface area contributed by atoms with Crippen molar-refractivity contribution in [3.8, 4) is 0 Å². The third kappa shape index (κ3) is 2.86. The number of hydrogen-bond acceptors (Lipinski definition) is 5. The van der Waals surface area contributed by atoms with E-state index in [1.165, 1.54) is 10.4 Å². The van der Waals surface area contributed by atoms with Crippen LogP contribution in [0.25, 0.3) is 0 Å². The second-order valence-corrected chi connectivity index (χ2v) is 7.66. The number of esters is 1. The van der Waals surface area contributed by atoms with Gasteiger partial charge in [0.1, 0.15) is 10.9 Å². The summed E-state index contributed by atoms with van der Waals surface area (Å²) in [7, 11) is -3.59. The van der Waals surface area contributed by atoms with Crippen molar-refractivity contribution in [3.63, 3.8) is 0 Å². The van der Waals surface area contributed by atoms with Gasteiger partial charge in [-0.05, 0) is 12.1 Å². The highest BCUT2D eigenvalue weighted by molar-refractivity contribution is 7.89. The van der Waals surface area contributed by atoms with Gasteiger partial charge in [0.05, 0.1) is 11.6 Å². The Hall–Kier alpha value is -1.15. The van der Waals surface area contributed by atoms with Gasteiger partial charge in [-0.2, -0.15) is 4.31 Å². The Morgan fingerprint density at radius 2 is 1.82 bits per heavy atom. The van der Waals surface area contributed by atoms with E-state index >= 15 is 0 Å². The number of cyclic esters (lactones) is 1. The van der Waals surface area contributed by atoms with Gasteiger partial charge in [0.25, 0.3) is 0 Å². The Labute approximate surface area is 134 Å². The predicted octanol–water partition coefficient (Wildman–Crippen LogP) is 0.962. The van der Waals surface area contributed by atoms with Crippen LogP contribution in [0.15, 0.2) is 29.2 Å². The molecule has 1 aromatic carbocycles. The monoisotopic (exact) mass is 344 g/mol. The Balaban J connectivity index is 1.71. The van der Waals surface area contributed by atoms with Crippen LogP contribution >= 0.6 is 11.6 Å². The normalized spacial score (nSPS) is 24.4. The summed E-state index contributed by atoms with van der Waals surface area (Å²) in [5.74, 6) is -0.206. The van der Waals surface area contributed by atoms with E-state index in [1.54, 1.807) is 18.2 Å². The van der Waals surface area contributed by atoms with Crippen molar-refractivity contribution in [1.82, 2.24) is 9.21 Å². The number of halogens is 1. The Morgan fingerprint density at radius 3 is 2.41 bits per heavy atom. The number of rotatable bonds is 3. The zero-order valence-electron chi connectivity index (χ0n) is 11.9. The molecule has 0 aromatic heterocycles. The molecule has 0 aliphatic carbocycles. The first-order valence-electron chi connectivity index (χ1n) is 7.15. The number of carbonyl (C=O) groups is 1. The van der Waals surface area contributed by atoms with Crippen LogP contribution in [-0.4, -0.2) is 62.4 Å². The summed E-state index contributed by atoms with van der Waals surface area (Å²) in [4.78, 5) is 13.7. The largest absolute Gasteiger partial charge is 0.464 e. The smallest absolute Gasteiger partial charge is 0.323 e. The zero-order valence-corrected chi connectivity index (χ0v) is 13.5. The average molecular weight is 345 g/mol. The molecular formula is C14H17ClN2O4S. The fourth-order valence-electron chi connectivity index (χ4n) is 2.87. The predicted molar refractivity (Wildman–Crippen MR) is 81.1 cm³/mol. The molecule has 2 heterocycles. The van der Waals surface area contributed by atoms with E-state index in [0.717, 1.165) is 0 Å². The first kappa shape index (κ1) is 15.7. The summed E-state index contributed by atoms with van der Waals surface area (Å²) >= 11 is 6.00. The molecule has 0 spiro atoms. The molecule has 2 aliphatic rings. The fourth-order valence-corrected chi connectivity index (χ4v) is 4.78. The van der Waals surface area contributed by atoms with Crippen LogP contribution in [0.4, 0.5) is 0 Å². The third-order valence-corrected chi connectivity index (χ3v) is 6.47. The minimum atomic E-state index is -3.59. The third-order valence-electron chi connectivity index (χ3n) is 4.08. The number of piperazine rings is 1. The summed E-state index contributed by atoms with van der Waals surface area (Å²) in [5, 5.41) is 0.226. The van der Waals surface area contributed by atoms with Gasteiger partial charge in [-0.25, -0.2) is 8.42 Å². The van der Waals surface area contributed by atoms with E-state index in [1.807, 2.05) is 4.90 Å². The van der Waals surface area contributed by atoms with Crippen LogP contribution in [0, 0.1) is 0 Å². The summed E-state index contributed by atoms with van der Waals surface area (Å²) in [5.41, 5.74) is 0. The van der Waals surface area contributed by atoms with E-state index < -0.39 is 10.0 Å². The minimum absolute atomic E-state index is 0.130. The molecule has 0 amide bonds. The number of carbonyl (C=O) groups excluding carboxylic acids is 1. The van der Waals surface area contributed by atoms with E-state index in [0.29, 0.717) is 39.2 Å². The number of benzene rings is 1. The molecular weight excluding hydrogens is 328 g/mol. The molecule has 6 nitrogen and oxygen atoms in total. The second-order valence-electron chi connectivity index (χ2n) is 5.34. The molecule has 1 aromatic rings. The highest BCUT2D eigenvalue weighted by atomic mass is 35.5. The van der Waals surface area contributed by atoms with Crippen LogP contribution in [0.1, 0.15) is 6.42 Å². The highest BCUT2D eigenvalue weighted by Gasteiger charge is 2.37. The molecule has 1 atom stereocenters. The van der Waals surface area contributed by atoms with Crippen LogP contribution in [-0.2, 0) is 19.6 Å². The topological polar surface area (TPSA) is 66.9 Å². The summed E-state index contributed by atoms with van der Waals surface area (Å²) in [6, 6.07) is 6.21. The van der Waals surface area contributed by atoms with E-state index in [2.05, 4.69) is 0 Å². The van der Waals surface area contributed by atoms with Gasteiger partial charge < -0.3 is 4.74 Å². The van der Waals surface area contributed by atoms with Crippen molar-refractivity contribution in [2.45, 2.75) is 17.4 Å². The number of hydrogen-bond donors (Lipinski definition) is 0. The average Bonchev–Trinajstić information content (AvgIpc) is 2.94. The van der Waals surface area contributed by atoms with E-state index in [9.17, 15) is 13.2 Å². The van der Waals surface area contributed by atoms with Crippen molar-refractivity contribution < 1.29 is 17.9 Å². The van der Waals surface area contributed by atoms with Crippen LogP contribution in [0.5, 0.6) is 0 Å². The Bertz CT molecular complexity index is 671. The lowest BCUT2D eigenvalue weighted by Gasteiger charge is -2.35. The molecule has 1 unspecified atom stereocenters. The van der Waals surface area contributed by atoms with Crippen LogP contribution < -0.4 is 0 Å². The summed E-state index contributed by atoms with van der Waals surface area (Å²) in [6.07, 6.45) is 0.677. The molecule has 0 bridgehead atoms. The molecule has 2 aliphatic heterocycles. The van der Waals surface area contributed by atoms with Crippen LogP contribution in [0.2, 0.25) is 5.02 Å². The number of sulfonamides is 1. The Kier molecular flexibility index (Phi) is 4.40. The molecule has 0 N–H and O–H groups in total. The lowest BCUT2D eigenvalue weighted by atomic mass is 10.2. The molecule has 8 heteroatoms. The first-order valence-corrected chi connectivity index (χ1v) is 8.97. The van der Waals surface area contributed by atoms with Crippen molar-refractivity contribution in [2.75, 3.05) is 32.8 Å². The van der Waals surface area contributed by atoms with Crippen molar-refractivity contribution in [2.24, 2.45) is 0 Å². The van der Waals surface area contributed by atoms with E-state index in [-0.39, 0.29) is 21.9 Å². The van der Waals surface area contributed by atoms with Gasteiger partial charge in [-0.3, -0.25) is 9.69 Å². The summed E-state index contributed by atoms with van der Waals surface area (Å²) < 4.78 is 31.7. The zero-order chi connectivity index (χ0) is 15.7. The molecule has 0 radical (unpaired) electrons. The summed E-state index contributed by atoms with van der Waals surface area (Å²) in [6.45, 7) is 2.17. The standard InChI is InChI=1S/C14H17ClN2O4S/c15-11-3-1-2-4-13(11)22(19,20)17-8-6-16(7-9-17)12-5-10-21-14(12)18/h1-4,12H,5-10H2. The number of nitrogens with zero attached hydrogens (tertiary/aromatic N) is 2. The number of ether oxygens (including phenoxy) is 1. The maximum Gasteiger partial charge on any atom is 0.323 e. The van der Waals surface area contributed by atoms with E-state index in [4.69, 9.17) is 16.3 Å². The maximum absolute atomic E-state index is 12.6. The van der Waals surface area contributed by atoms with Gasteiger partial charge in [-0.15, -0.1) is 0 Å². The lowest BCUT2D eigenvalue weighted by Crippen LogP contribution is -2.52. The van der Waals surface area contributed by atoms with Gasteiger partial charge in [-0.1, -0.05) is 23.7 Å². The molecule has 22 heavy (non-hydrogen) atoms. The van der Waals surface area contributed by atoms with Gasteiger partial charge >= 0.3 is 5.97 Å². The molecule has 2 saturated heterocycles. The quantitative estimate of drug-likeness (QED) is 0.764. The van der Waals surface area contributed by atoms with Crippen molar-refractivity contribution in [3.05, 3.63) is 29.3 Å². The van der Waals surface area contributed by atoms with Gasteiger partial charge in [0.15, 0.2) is 0 Å². The van der Waals surface area contributed by atoms with Crippen molar-refractivity contribution >= 4 is 27.6 Å². The first-order chi connectivity index (χ1) is 10.5. The Morgan fingerprint density at radius 1 is 1.14 bits per heavy atom. The van der Waals surface area contributed by atoms with Crippen molar-refractivity contribution in [1.29, 1.82) is 0 Å². The molecule has 120 valence electrons. The van der Waals surface area contributed by atoms with Crippen LogP contribution in [0.3, 0.4) is 0 Å². The molecule has 0 saturated carbocycles. The van der Waals surface area contributed by atoms with Gasteiger partial charge in [0.2, 0.25) is 10.0 Å². The molecule has 3 rings (SSSR count). The minimum Gasteiger partial charge on any atom is -0.464 e. The lowest BCUT2D eigenvalue weighted by molar-refractivity contribution is -0.142. The maximum atomic E-state index is 12.6. The second kappa shape index (κ2) is 6.16. The molecule has 2 fully saturated rings. The fraction of sp³-hybridized carbons (Fsp3) is 0.500. The van der Waals surface area contributed by atoms with Gasteiger partial charge in [0, 0.05) is 32.6 Å². The SMILES string of the molecule is O=C1OCCC1N1CCN(S(=O)(=O)c2ccccc2Cl)CC1. The highest BCUT2D eigenvalue weighted by Crippen LogP contribution is 2.26.